The maximum Gasteiger partial charge on any atom is 0.251 e. The molecule has 4 aliphatic carbocycles. The first-order chi connectivity index (χ1) is 11.1. The Balaban J connectivity index is 1.40. The van der Waals surface area contributed by atoms with Crippen molar-refractivity contribution in [3.05, 3.63) is 17.8 Å². The summed E-state index contributed by atoms with van der Waals surface area (Å²) in [5.74, 6) is 4.33. The Morgan fingerprint density at radius 2 is 1.78 bits per heavy atom. The number of aromatic nitrogens is 4. The van der Waals surface area contributed by atoms with Gasteiger partial charge in [0.15, 0.2) is 0 Å². The molecular weight excluding hydrogens is 288 g/mol. The quantitative estimate of drug-likeness (QED) is 0.870. The highest BCUT2D eigenvalue weighted by molar-refractivity contribution is 5.54. The minimum absolute atomic E-state index is 0.447. The second-order valence-corrected chi connectivity index (χ2v) is 8.40. The predicted octanol–water partition coefficient (Wildman–Crippen LogP) is 3.54. The van der Waals surface area contributed by atoms with Crippen LogP contribution in [0.3, 0.4) is 0 Å². The molecule has 0 unspecified atom stereocenters. The highest BCUT2D eigenvalue weighted by Crippen LogP contribution is 2.60. The summed E-state index contributed by atoms with van der Waals surface area (Å²) in [5, 5.41) is 13.0. The smallest absolute Gasteiger partial charge is 0.251 e. The van der Waals surface area contributed by atoms with Crippen molar-refractivity contribution in [3.8, 4) is 11.5 Å². The van der Waals surface area contributed by atoms with E-state index >= 15 is 0 Å². The van der Waals surface area contributed by atoms with Gasteiger partial charge in [-0.1, -0.05) is 0 Å². The van der Waals surface area contributed by atoms with Crippen molar-refractivity contribution in [3.63, 3.8) is 0 Å². The third-order valence-corrected chi connectivity index (χ3v) is 6.40. The molecule has 0 N–H and O–H groups in total. The summed E-state index contributed by atoms with van der Waals surface area (Å²) in [6, 6.07) is 0. The highest BCUT2D eigenvalue weighted by Gasteiger charge is 2.51. The molecular formula is C18H24N4O. The van der Waals surface area contributed by atoms with E-state index in [1.807, 2.05) is 20.2 Å². The molecule has 2 heterocycles. The van der Waals surface area contributed by atoms with Crippen LogP contribution in [0.5, 0.6) is 0 Å². The minimum Gasteiger partial charge on any atom is -0.421 e. The van der Waals surface area contributed by atoms with Crippen LogP contribution < -0.4 is 0 Å². The van der Waals surface area contributed by atoms with Gasteiger partial charge in [0.05, 0.1) is 11.3 Å². The first-order valence-corrected chi connectivity index (χ1v) is 8.92. The summed E-state index contributed by atoms with van der Waals surface area (Å²) < 4.78 is 7.83. The van der Waals surface area contributed by atoms with Gasteiger partial charge in [-0.05, 0) is 68.6 Å². The molecule has 0 spiro atoms. The van der Waals surface area contributed by atoms with E-state index in [1.165, 1.54) is 38.5 Å². The first-order valence-electron chi connectivity index (χ1n) is 8.92. The normalized spacial score (nSPS) is 35.1. The molecule has 0 atom stereocenters. The molecule has 0 aromatic carbocycles. The van der Waals surface area contributed by atoms with Crippen molar-refractivity contribution in [2.45, 2.75) is 51.9 Å². The SMILES string of the molecule is Cc1nn(C)cc1-c1nnc(CC23CC4CC(CC(C4)C2)C3)o1. The summed E-state index contributed by atoms with van der Waals surface area (Å²) in [6.07, 6.45) is 11.5. The second-order valence-electron chi connectivity index (χ2n) is 8.40. The van der Waals surface area contributed by atoms with Crippen molar-refractivity contribution >= 4 is 0 Å². The fourth-order valence-electron chi connectivity index (χ4n) is 6.07. The topological polar surface area (TPSA) is 56.7 Å². The van der Waals surface area contributed by atoms with E-state index < -0.39 is 0 Å². The van der Waals surface area contributed by atoms with E-state index in [-0.39, 0.29) is 0 Å². The second kappa shape index (κ2) is 4.68. The van der Waals surface area contributed by atoms with Crippen molar-refractivity contribution in [2.24, 2.45) is 30.2 Å². The van der Waals surface area contributed by atoms with Crippen LogP contribution in [0.25, 0.3) is 11.5 Å². The lowest BCUT2D eigenvalue weighted by Gasteiger charge is -2.56. The zero-order valence-corrected chi connectivity index (χ0v) is 14.0. The van der Waals surface area contributed by atoms with E-state index in [1.54, 1.807) is 4.68 Å². The Morgan fingerprint density at radius 1 is 1.13 bits per heavy atom. The van der Waals surface area contributed by atoms with Crippen LogP contribution in [0.4, 0.5) is 0 Å². The van der Waals surface area contributed by atoms with Crippen LogP contribution in [-0.4, -0.2) is 20.0 Å². The number of hydrogen-bond acceptors (Lipinski definition) is 4. The van der Waals surface area contributed by atoms with E-state index in [2.05, 4.69) is 15.3 Å². The lowest BCUT2D eigenvalue weighted by Crippen LogP contribution is -2.47. The lowest BCUT2D eigenvalue weighted by molar-refractivity contribution is -0.0550. The van der Waals surface area contributed by atoms with Gasteiger partial charge in [-0.2, -0.15) is 5.10 Å². The molecule has 5 heteroatoms. The lowest BCUT2D eigenvalue weighted by atomic mass is 9.49. The molecule has 0 amide bonds. The molecule has 4 bridgehead atoms. The van der Waals surface area contributed by atoms with Crippen molar-refractivity contribution < 1.29 is 4.42 Å². The average Bonchev–Trinajstić information content (AvgIpc) is 3.03. The number of hydrogen-bond donors (Lipinski definition) is 0. The van der Waals surface area contributed by atoms with Crippen LogP contribution in [0, 0.1) is 30.1 Å². The van der Waals surface area contributed by atoms with Gasteiger partial charge in [0.2, 0.25) is 5.89 Å². The monoisotopic (exact) mass is 312 g/mol. The summed E-state index contributed by atoms with van der Waals surface area (Å²) in [5.41, 5.74) is 2.34. The van der Waals surface area contributed by atoms with Crippen molar-refractivity contribution in [2.75, 3.05) is 0 Å². The van der Waals surface area contributed by atoms with Crippen LogP contribution in [-0.2, 0) is 13.5 Å². The molecule has 2 aromatic rings. The summed E-state index contributed by atoms with van der Waals surface area (Å²) >= 11 is 0. The number of rotatable bonds is 3. The van der Waals surface area contributed by atoms with E-state index in [4.69, 9.17) is 4.42 Å². The van der Waals surface area contributed by atoms with Crippen molar-refractivity contribution in [1.29, 1.82) is 0 Å². The third kappa shape index (κ3) is 2.24. The number of nitrogens with zero attached hydrogens (tertiary/aromatic N) is 4. The zero-order valence-electron chi connectivity index (χ0n) is 14.0. The van der Waals surface area contributed by atoms with Crippen molar-refractivity contribution in [1.82, 2.24) is 20.0 Å². The Labute approximate surface area is 136 Å². The summed E-state index contributed by atoms with van der Waals surface area (Å²) in [6.45, 7) is 1.98. The Morgan fingerprint density at radius 3 is 2.35 bits per heavy atom. The molecule has 0 saturated heterocycles. The molecule has 4 fully saturated rings. The molecule has 122 valence electrons. The fourth-order valence-corrected chi connectivity index (χ4v) is 6.07. The van der Waals surface area contributed by atoms with Crippen LogP contribution in [0.1, 0.15) is 50.1 Å². The standard InChI is InChI=1S/C18H24N4O/c1-11-15(10-22(2)21-11)17-20-19-16(23-17)9-18-6-12-3-13(7-18)5-14(4-12)8-18/h10,12-14H,3-9H2,1-2H3. The Kier molecular flexibility index (Phi) is 2.80. The fraction of sp³-hybridized carbons (Fsp3) is 0.722. The minimum atomic E-state index is 0.447. The highest BCUT2D eigenvalue weighted by atomic mass is 16.4. The average molecular weight is 312 g/mol. The Bertz CT molecular complexity index is 709. The van der Waals surface area contributed by atoms with Gasteiger partial charge < -0.3 is 4.42 Å². The molecule has 5 nitrogen and oxygen atoms in total. The molecule has 4 aliphatic rings. The van der Waals surface area contributed by atoms with Gasteiger partial charge in [-0.15, -0.1) is 10.2 Å². The molecule has 0 aliphatic heterocycles. The van der Waals surface area contributed by atoms with Gasteiger partial charge in [0.25, 0.3) is 5.89 Å². The van der Waals surface area contributed by atoms with E-state index in [0.29, 0.717) is 11.3 Å². The molecule has 4 saturated carbocycles. The van der Waals surface area contributed by atoms with E-state index in [9.17, 15) is 0 Å². The zero-order chi connectivity index (χ0) is 15.6. The maximum absolute atomic E-state index is 6.03. The summed E-state index contributed by atoms with van der Waals surface area (Å²) in [7, 11) is 1.92. The van der Waals surface area contributed by atoms with Gasteiger partial charge in [0.1, 0.15) is 0 Å². The Hall–Kier alpha value is -1.65. The molecule has 0 radical (unpaired) electrons. The van der Waals surface area contributed by atoms with Gasteiger partial charge in [0, 0.05) is 19.7 Å². The molecule has 6 rings (SSSR count). The van der Waals surface area contributed by atoms with Crippen LogP contribution in [0.2, 0.25) is 0 Å². The predicted molar refractivity (Wildman–Crippen MR) is 85.5 cm³/mol. The number of aryl methyl sites for hydroxylation is 2. The largest absolute Gasteiger partial charge is 0.421 e. The van der Waals surface area contributed by atoms with Gasteiger partial charge >= 0.3 is 0 Å². The third-order valence-electron chi connectivity index (χ3n) is 6.40. The summed E-state index contributed by atoms with van der Waals surface area (Å²) in [4.78, 5) is 0. The van der Waals surface area contributed by atoms with Crippen LogP contribution in [0.15, 0.2) is 10.6 Å². The van der Waals surface area contributed by atoms with Gasteiger partial charge in [-0.25, -0.2) is 0 Å². The van der Waals surface area contributed by atoms with Gasteiger partial charge in [-0.3, -0.25) is 4.68 Å². The molecule has 23 heavy (non-hydrogen) atoms. The molecule has 2 aromatic heterocycles. The van der Waals surface area contributed by atoms with Crippen LogP contribution >= 0.6 is 0 Å². The first kappa shape index (κ1) is 13.8. The van der Waals surface area contributed by atoms with E-state index in [0.717, 1.165) is 41.3 Å². The maximum atomic E-state index is 6.03.